The number of benzene rings is 1. The highest BCUT2D eigenvalue weighted by Gasteiger charge is 2.34. The third-order valence-corrected chi connectivity index (χ3v) is 12.3. The van der Waals surface area contributed by atoms with Gasteiger partial charge in [-0.1, -0.05) is 30.3 Å². The summed E-state index contributed by atoms with van der Waals surface area (Å²) in [5, 5.41) is 82.9. The zero-order valence-electron chi connectivity index (χ0n) is 43.0. The first-order valence-corrected chi connectivity index (χ1v) is 24.8. The largest absolute Gasteiger partial charge is 0.481 e. The smallest absolute Gasteiger partial charge is 0.320 e. The van der Waals surface area contributed by atoms with Gasteiger partial charge in [-0.05, 0) is 25.3 Å². The van der Waals surface area contributed by atoms with E-state index in [4.69, 9.17) is 10.8 Å². The molecule has 16 N–H and O–H groups in total. The van der Waals surface area contributed by atoms with Gasteiger partial charge in [0.25, 0.3) is 0 Å². The predicted molar refractivity (Wildman–Crippen MR) is 270 cm³/mol. The van der Waals surface area contributed by atoms with E-state index in [9.17, 15) is 83.4 Å². The number of carboxylic acid groups (broad SMARTS) is 5. The van der Waals surface area contributed by atoms with Gasteiger partial charge in [0.15, 0.2) is 0 Å². The summed E-state index contributed by atoms with van der Waals surface area (Å²) < 4.78 is 0. The van der Waals surface area contributed by atoms with Gasteiger partial charge in [-0.3, -0.25) is 72.3 Å². The summed E-state index contributed by atoms with van der Waals surface area (Å²) in [6, 6.07) is -2.21. The molecule has 1 aliphatic rings. The van der Waals surface area contributed by atoms with Crippen molar-refractivity contribution >= 4 is 65.3 Å². The number of nitrogens with zero attached hydrogens (tertiary/aromatic N) is 5. The van der Waals surface area contributed by atoms with Gasteiger partial charge in [0.2, 0.25) is 35.4 Å². The van der Waals surface area contributed by atoms with Crippen molar-refractivity contribution in [1.29, 1.82) is 0 Å². The van der Waals surface area contributed by atoms with Crippen LogP contribution < -0.4 is 37.6 Å². The van der Waals surface area contributed by atoms with Crippen molar-refractivity contribution in [1.82, 2.24) is 61.5 Å². The molecule has 0 radical (unpaired) electrons. The fourth-order valence-electron chi connectivity index (χ4n) is 8.05. The van der Waals surface area contributed by atoms with Gasteiger partial charge in [-0.25, -0.2) is 4.98 Å². The molecule has 0 saturated carbocycles. The number of H-pyrrole nitrogens is 1. The Kier molecular flexibility index (Phi) is 27.7. The van der Waals surface area contributed by atoms with Crippen LogP contribution in [0, 0.1) is 0 Å². The van der Waals surface area contributed by atoms with Gasteiger partial charge >= 0.3 is 29.8 Å². The first kappa shape index (κ1) is 64.6. The molecule has 1 aromatic heterocycles. The Morgan fingerprint density at radius 3 is 1.51 bits per heavy atom. The van der Waals surface area contributed by atoms with E-state index in [0.29, 0.717) is 5.56 Å². The zero-order valence-corrected chi connectivity index (χ0v) is 43.0. The summed E-state index contributed by atoms with van der Waals surface area (Å²) >= 11 is 0. The molecule has 1 aromatic carbocycles. The zero-order chi connectivity index (χ0) is 57.9. The highest BCUT2D eigenvalue weighted by molar-refractivity contribution is 5.97. The highest BCUT2D eigenvalue weighted by atomic mass is 16.4. The number of carboxylic acids is 5. The van der Waals surface area contributed by atoms with Crippen molar-refractivity contribution < 1.29 is 88.5 Å². The summed E-state index contributed by atoms with van der Waals surface area (Å²) in [6.07, 6.45) is 1.43. The maximum atomic E-state index is 13.9. The molecule has 432 valence electrons. The van der Waals surface area contributed by atoms with Crippen molar-refractivity contribution in [3.8, 4) is 0 Å². The second-order valence-electron chi connectivity index (χ2n) is 18.3. The predicted octanol–water partition coefficient (Wildman–Crippen LogP) is -6.75. The number of nitrogens with one attached hydrogen (secondary N) is 7. The van der Waals surface area contributed by atoms with Crippen molar-refractivity contribution in [3.05, 3.63) is 54.1 Å². The number of carbonyl (C=O) groups excluding carboxylic acids is 6. The first-order valence-electron chi connectivity index (χ1n) is 24.8. The van der Waals surface area contributed by atoms with Crippen LogP contribution in [-0.2, 0) is 65.6 Å². The number of aromatic nitrogens is 2. The molecule has 2 aromatic rings. The second-order valence-corrected chi connectivity index (χ2v) is 18.3. The van der Waals surface area contributed by atoms with E-state index >= 15 is 0 Å². The molecule has 6 amide bonds. The standard InChI is InChI=1S/C47H71N13O18/c1-28(52-42(72)31(48)20-37(63)64)41(71)53-33(19-30-21-49-27-51-30)45(75)56-35(26-62)46(76)54-32(18-29-6-3-2-4-7-29)44(74)55-34(25-61)43(73)50-9-5-8-36(47(77)78)60-16-14-58(23-39(67)68)12-10-57(22-38(65)66)11-13-59(15-17-60)24-40(69)70/h2-4,6-7,21,27-28,31-36,61-62H,5,8-20,22-26,48H2,1H3,(H,49,51)(H,50,73)(H,52,72)(H,53,71)(H,54,76)(H,55,74)(H,56,75)(H,63,64)(H,65,66)(H,67,68)(H,69,70)(H,77,78)/t28-,31-,32-,33-,34?,35-,36?/m0/s1. The summed E-state index contributed by atoms with van der Waals surface area (Å²) in [5.74, 6) is -12.0. The van der Waals surface area contributed by atoms with E-state index in [0.717, 1.165) is 0 Å². The Hall–Kier alpha value is -7.68. The van der Waals surface area contributed by atoms with Crippen molar-refractivity contribution in [2.75, 3.05) is 91.8 Å². The van der Waals surface area contributed by atoms with E-state index < -0.39 is 140 Å². The number of carbonyl (C=O) groups is 11. The van der Waals surface area contributed by atoms with Gasteiger partial charge in [0.05, 0.1) is 57.3 Å². The monoisotopic (exact) mass is 1110 g/mol. The van der Waals surface area contributed by atoms with Crippen LogP contribution in [0.2, 0.25) is 0 Å². The number of rotatable bonds is 31. The number of aliphatic carboxylic acids is 5. The number of aliphatic hydroxyl groups excluding tert-OH is 2. The molecular weight excluding hydrogens is 1030 g/mol. The molecule has 2 heterocycles. The maximum Gasteiger partial charge on any atom is 0.320 e. The molecule has 7 atom stereocenters. The Morgan fingerprint density at radius 1 is 0.590 bits per heavy atom. The minimum Gasteiger partial charge on any atom is -0.481 e. The molecule has 31 nitrogen and oxygen atoms in total. The maximum absolute atomic E-state index is 13.9. The average molecular weight is 1110 g/mol. The molecule has 78 heavy (non-hydrogen) atoms. The van der Waals surface area contributed by atoms with Gasteiger partial charge in [-0.2, -0.15) is 0 Å². The molecule has 1 fully saturated rings. The van der Waals surface area contributed by atoms with Crippen LogP contribution in [0.4, 0.5) is 0 Å². The SMILES string of the molecule is C[C@H](NC(=O)[C@@H](N)CC(=O)O)C(=O)N[C@@H](Cc1c[nH]cn1)C(=O)N[C@@H](CO)C(=O)N[C@@H](Cc1ccccc1)C(=O)NC(CO)C(=O)NCCCC(C(=O)O)N1CCN(CC(=O)O)CCN(CC(=O)O)CCN(CC(=O)O)CC1. The van der Waals surface area contributed by atoms with E-state index in [1.54, 1.807) is 40.1 Å². The molecule has 0 bridgehead atoms. The molecule has 1 aliphatic heterocycles. The van der Waals surface area contributed by atoms with E-state index in [-0.39, 0.29) is 96.8 Å². The lowest BCUT2D eigenvalue weighted by Gasteiger charge is -2.35. The molecule has 31 heteroatoms. The van der Waals surface area contributed by atoms with Crippen LogP contribution >= 0.6 is 0 Å². The lowest BCUT2D eigenvalue weighted by molar-refractivity contribution is -0.145. The van der Waals surface area contributed by atoms with E-state index in [2.05, 4.69) is 41.9 Å². The highest BCUT2D eigenvalue weighted by Crippen LogP contribution is 2.12. The Bertz CT molecular complexity index is 2300. The summed E-state index contributed by atoms with van der Waals surface area (Å²) in [7, 11) is 0. The van der Waals surface area contributed by atoms with Crippen molar-refractivity contribution in [3.63, 3.8) is 0 Å². The summed E-state index contributed by atoms with van der Waals surface area (Å²) in [4.78, 5) is 152. The number of aromatic amines is 1. The number of imidazole rings is 1. The fourth-order valence-corrected chi connectivity index (χ4v) is 8.05. The van der Waals surface area contributed by atoms with Crippen LogP contribution in [0.5, 0.6) is 0 Å². The topological polar surface area (TPSA) is 469 Å². The van der Waals surface area contributed by atoms with Crippen LogP contribution in [0.1, 0.15) is 37.4 Å². The lowest BCUT2D eigenvalue weighted by atomic mass is 10.0. The molecule has 0 spiro atoms. The minimum atomic E-state index is -1.76. The minimum absolute atomic E-state index is 0.0172. The van der Waals surface area contributed by atoms with Crippen LogP contribution in [0.15, 0.2) is 42.9 Å². The third kappa shape index (κ3) is 23.7. The quantitative estimate of drug-likeness (QED) is 0.0312. The number of hydrogen-bond donors (Lipinski definition) is 15. The van der Waals surface area contributed by atoms with Crippen LogP contribution in [0.25, 0.3) is 0 Å². The number of amides is 6. The van der Waals surface area contributed by atoms with Gasteiger partial charge < -0.3 is 78.4 Å². The Labute approximate surface area is 447 Å². The number of nitrogens with two attached hydrogens (primary N) is 1. The van der Waals surface area contributed by atoms with Crippen molar-refractivity contribution in [2.45, 2.75) is 81.3 Å². The summed E-state index contributed by atoms with van der Waals surface area (Å²) in [5.41, 5.74) is 6.37. The molecule has 0 aliphatic carbocycles. The molecular formula is C47H71N13O18. The molecule has 2 unspecified atom stereocenters. The van der Waals surface area contributed by atoms with E-state index in [1.165, 1.54) is 29.2 Å². The Balaban J connectivity index is 1.72. The van der Waals surface area contributed by atoms with Gasteiger partial charge in [0.1, 0.15) is 36.3 Å². The Morgan fingerprint density at radius 2 is 1.05 bits per heavy atom. The van der Waals surface area contributed by atoms with Crippen molar-refractivity contribution in [2.24, 2.45) is 5.73 Å². The average Bonchev–Trinajstić information content (AvgIpc) is 3.89. The number of hydrogen-bond acceptors (Lipinski definition) is 19. The lowest BCUT2D eigenvalue weighted by Crippen LogP contribution is -2.61. The second kappa shape index (κ2) is 33.5. The van der Waals surface area contributed by atoms with Gasteiger partial charge in [0, 0.05) is 77.9 Å². The summed E-state index contributed by atoms with van der Waals surface area (Å²) in [6.45, 7) is -1.50. The van der Waals surface area contributed by atoms with Gasteiger partial charge in [-0.15, -0.1) is 0 Å². The first-order chi connectivity index (χ1) is 37.0. The molecule has 1 saturated heterocycles. The van der Waals surface area contributed by atoms with E-state index in [1.807, 2.05) is 0 Å². The third-order valence-electron chi connectivity index (χ3n) is 12.3. The van der Waals surface area contributed by atoms with Crippen LogP contribution in [-0.4, -0.2) is 265 Å². The normalized spacial score (nSPS) is 16.9. The van der Waals surface area contributed by atoms with Crippen LogP contribution in [0.3, 0.4) is 0 Å². The molecule has 3 rings (SSSR count). The fraction of sp³-hybridized carbons (Fsp3) is 0.574. The number of aliphatic hydroxyl groups is 2.